The third kappa shape index (κ3) is 18.1. The van der Waals surface area contributed by atoms with Gasteiger partial charge >= 0.3 is 12.1 Å². The fourth-order valence-corrected chi connectivity index (χ4v) is 4.38. The van der Waals surface area contributed by atoms with Crippen molar-refractivity contribution in [3.05, 3.63) is 29.3 Å². The maximum Gasteiger partial charge on any atom is 0.407 e. The second-order valence-corrected chi connectivity index (χ2v) is 10.1. The lowest BCUT2D eigenvalue weighted by Gasteiger charge is -2.11. The van der Waals surface area contributed by atoms with Crippen LogP contribution in [0.25, 0.3) is 0 Å². The number of carboxylic acids is 1. The van der Waals surface area contributed by atoms with Gasteiger partial charge in [0, 0.05) is 6.42 Å². The zero-order chi connectivity index (χ0) is 26.4. The number of carbonyl (C=O) groups excluding carboxylic acids is 1. The highest BCUT2D eigenvalue weighted by Crippen LogP contribution is 2.17. The van der Waals surface area contributed by atoms with Crippen molar-refractivity contribution in [1.82, 2.24) is 5.32 Å². The molecule has 1 fully saturated rings. The maximum atomic E-state index is 10.8. The van der Waals surface area contributed by atoms with Crippen LogP contribution >= 0.6 is 0 Å². The number of ether oxygens (including phenoxy) is 2. The number of nitrogens with one attached hydrogen (secondary N) is 1. The van der Waals surface area contributed by atoms with Crippen molar-refractivity contribution in [3.63, 3.8) is 0 Å². The van der Waals surface area contributed by atoms with Gasteiger partial charge in [0.05, 0.1) is 6.54 Å². The molecule has 1 atom stereocenters. The molecule has 0 saturated carbocycles. The quantitative estimate of drug-likeness (QED) is 0.185. The molecule has 1 unspecified atom stereocenters. The summed E-state index contributed by atoms with van der Waals surface area (Å²) < 4.78 is 10.6. The molecule has 1 heterocycles. The zero-order valence-electron chi connectivity index (χ0n) is 23.1. The number of carbonyl (C=O) groups is 2. The lowest BCUT2D eigenvalue weighted by molar-refractivity contribution is -0.137. The van der Waals surface area contributed by atoms with Gasteiger partial charge in [-0.3, -0.25) is 4.79 Å². The van der Waals surface area contributed by atoms with Crippen molar-refractivity contribution >= 4 is 12.1 Å². The molecule has 6 nitrogen and oxygen atoms in total. The van der Waals surface area contributed by atoms with Crippen LogP contribution in [-0.4, -0.2) is 36.4 Å². The Morgan fingerprint density at radius 3 is 1.75 bits per heavy atom. The topological polar surface area (TPSA) is 84.9 Å². The smallest absolute Gasteiger partial charge is 0.407 e. The Hall–Kier alpha value is -2.24. The summed E-state index contributed by atoms with van der Waals surface area (Å²) >= 11 is 0. The first-order chi connectivity index (χ1) is 17.4. The van der Waals surface area contributed by atoms with Gasteiger partial charge in [0.1, 0.15) is 12.4 Å². The number of benzene rings is 1. The van der Waals surface area contributed by atoms with Gasteiger partial charge in [-0.2, -0.15) is 0 Å². The summed E-state index contributed by atoms with van der Waals surface area (Å²) in [6.07, 6.45) is 19.6. The van der Waals surface area contributed by atoms with Crippen LogP contribution < -0.4 is 10.1 Å². The number of carboxylic acid groups (broad SMARTS) is 1. The highest BCUT2D eigenvalue weighted by Gasteiger charge is 2.22. The second kappa shape index (κ2) is 20.9. The number of alkyl carbamates (subject to hydrolysis) is 1. The van der Waals surface area contributed by atoms with Gasteiger partial charge in [-0.05, 0) is 43.5 Å². The number of amides is 1. The summed E-state index contributed by atoms with van der Waals surface area (Å²) in [5, 5.41) is 11.1. The Labute approximate surface area is 219 Å². The number of hydrogen-bond donors (Lipinski definition) is 2. The molecule has 1 aromatic rings. The molecule has 1 aliphatic rings. The van der Waals surface area contributed by atoms with E-state index in [1.54, 1.807) is 0 Å². The Morgan fingerprint density at radius 1 is 0.861 bits per heavy atom. The molecule has 0 aromatic heterocycles. The Balaban J connectivity index is 0.000000367. The number of rotatable bonds is 19. The molecule has 0 bridgehead atoms. The molecule has 2 N–H and O–H groups in total. The van der Waals surface area contributed by atoms with Crippen molar-refractivity contribution in [2.45, 2.75) is 130 Å². The van der Waals surface area contributed by atoms with E-state index in [4.69, 9.17) is 14.6 Å². The van der Waals surface area contributed by atoms with E-state index in [1.807, 2.05) is 26.0 Å². The summed E-state index contributed by atoms with van der Waals surface area (Å²) in [4.78, 5) is 21.1. The molecule has 1 aromatic carbocycles. The SMILES string of the molecule is CCCCCCCCCCCCCCCCCC(=O)O.Cc1cc(C)cc(OCC2CNC(=O)O2)c1. The zero-order valence-corrected chi connectivity index (χ0v) is 23.1. The first kappa shape index (κ1) is 31.8. The molecule has 206 valence electrons. The van der Waals surface area contributed by atoms with E-state index in [-0.39, 0.29) is 12.2 Å². The van der Waals surface area contributed by atoms with E-state index in [2.05, 4.69) is 18.3 Å². The normalized spacial score (nSPS) is 14.5. The summed E-state index contributed by atoms with van der Waals surface area (Å²) in [7, 11) is 0. The number of cyclic esters (lactones) is 1. The minimum absolute atomic E-state index is 0.187. The first-order valence-electron chi connectivity index (χ1n) is 14.3. The minimum Gasteiger partial charge on any atom is -0.490 e. The predicted octanol–water partition coefficient (Wildman–Crippen LogP) is 8.12. The minimum atomic E-state index is -0.653. The van der Waals surface area contributed by atoms with Crippen LogP contribution in [0.5, 0.6) is 5.75 Å². The van der Waals surface area contributed by atoms with Crippen LogP contribution in [0, 0.1) is 13.8 Å². The van der Waals surface area contributed by atoms with E-state index in [1.165, 1.54) is 83.5 Å². The molecule has 0 radical (unpaired) electrons. The van der Waals surface area contributed by atoms with E-state index < -0.39 is 5.97 Å². The molecule has 0 spiro atoms. The first-order valence-corrected chi connectivity index (χ1v) is 14.3. The van der Waals surface area contributed by atoms with Crippen molar-refractivity contribution in [2.24, 2.45) is 0 Å². The van der Waals surface area contributed by atoms with Gasteiger partial charge in [0.15, 0.2) is 6.10 Å². The van der Waals surface area contributed by atoms with Crippen molar-refractivity contribution in [2.75, 3.05) is 13.2 Å². The van der Waals surface area contributed by atoms with Crippen molar-refractivity contribution in [3.8, 4) is 5.75 Å². The lowest BCUT2D eigenvalue weighted by atomic mass is 10.0. The Bertz CT molecular complexity index is 701. The lowest BCUT2D eigenvalue weighted by Crippen LogP contribution is -2.21. The standard InChI is InChI=1S/C18H36O2.C12H15NO3/c1-2-3-4-5-6-7-8-9-10-11-12-13-14-15-16-17-18(19)20;1-8-3-9(2)5-10(4-8)15-7-11-6-13-12(14)16-11/h2-17H2,1H3,(H,19,20);3-5,11H,6-7H2,1-2H3,(H,13,14). The molecule has 1 saturated heterocycles. The van der Waals surface area contributed by atoms with Crippen LogP contribution in [0.2, 0.25) is 0 Å². The number of unbranched alkanes of at least 4 members (excludes halogenated alkanes) is 14. The predicted molar refractivity (Wildman–Crippen MR) is 147 cm³/mol. The summed E-state index contributed by atoms with van der Waals surface area (Å²) in [6.45, 7) is 7.23. The van der Waals surface area contributed by atoms with E-state index >= 15 is 0 Å². The number of aryl methyl sites for hydroxylation is 2. The largest absolute Gasteiger partial charge is 0.490 e. The van der Waals surface area contributed by atoms with Crippen molar-refractivity contribution in [1.29, 1.82) is 0 Å². The molecule has 6 heteroatoms. The van der Waals surface area contributed by atoms with Crippen LogP contribution in [0.4, 0.5) is 4.79 Å². The van der Waals surface area contributed by atoms with Crippen LogP contribution in [0.3, 0.4) is 0 Å². The van der Waals surface area contributed by atoms with Crippen LogP contribution in [0.15, 0.2) is 18.2 Å². The fourth-order valence-electron chi connectivity index (χ4n) is 4.38. The Kier molecular flexibility index (Phi) is 18.5. The fraction of sp³-hybridized carbons (Fsp3) is 0.733. The van der Waals surface area contributed by atoms with Gasteiger partial charge < -0.3 is 19.9 Å². The monoisotopic (exact) mass is 505 g/mol. The highest BCUT2D eigenvalue weighted by molar-refractivity contribution is 5.69. The van der Waals surface area contributed by atoms with E-state index in [0.717, 1.165) is 29.7 Å². The molecule has 0 aliphatic carbocycles. The van der Waals surface area contributed by atoms with Gasteiger partial charge in [0.2, 0.25) is 0 Å². The highest BCUT2D eigenvalue weighted by atomic mass is 16.6. The van der Waals surface area contributed by atoms with Crippen molar-refractivity contribution < 1.29 is 24.2 Å². The van der Waals surface area contributed by atoms with Gasteiger partial charge in [-0.25, -0.2) is 4.79 Å². The molecule has 1 aliphatic heterocycles. The average molecular weight is 506 g/mol. The maximum absolute atomic E-state index is 10.8. The second-order valence-electron chi connectivity index (χ2n) is 10.1. The molecular formula is C30H51NO5. The third-order valence-corrected chi connectivity index (χ3v) is 6.37. The van der Waals surface area contributed by atoms with Gasteiger partial charge in [0.25, 0.3) is 0 Å². The molecule has 1 amide bonds. The Morgan fingerprint density at radius 2 is 1.33 bits per heavy atom. The summed E-state index contributed by atoms with van der Waals surface area (Å²) in [6, 6.07) is 6.03. The summed E-state index contributed by atoms with van der Waals surface area (Å²) in [5.74, 6) is 0.167. The van der Waals surface area contributed by atoms with Gasteiger partial charge in [-0.15, -0.1) is 0 Å². The molecule has 36 heavy (non-hydrogen) atoms. The van der Waals surface area contributed by atoms with E-state index in [9.17, 15) is 9.59 Å². The van der Waals surface area contributed by atoms with Gasteiger partial charge in [-0.1, -0.05) is 103 Å². The third-order valence-electron chi connectivity index (χ3n) is 6.37. The number of aliphatic carboxylic acids is 1. The molecule has 2 rings (SSSR count). The van der Waals surface area contributed by atoms with E-state index in [0.29, 0.717) is 19.6 Å². The summed E-state index contributed by atoms with van der Waals surface area (Å²) in [5.41, 5.74) is 2.33. The number of hydrogen-bond acceptors (Lipinski definition) is 4. The average Bonchev–Trinajstić information content (AvgIpc) is 3.25. The van der Waals surface area contributed by atoms with Crippen LogP contribution in [-0.2, 0) is 9.53 Å². The van der Waals surface area contributed by atoms with Crippen LogP contribution in [0.1, 0.15) is 121 Å². The molecular weight excluding hydrogens is 454 g/mol.